The molecule has 5 rings (SSSR count). The topological polar surface area (TPSA) is 97.4 Å². The molecule has 1 spiro atoms. The average Bonchev–Trinajstić information content (AvgIpc) is 3.60. The molecule has 3 saturated heterocycles. The zero-order valence-corrected chi connectivity index (χ0v) is 22.0. The highest BCUT2D eigenvalue weighted by Gasteiger charge is 2.54. The Balaban J connectivity index is 1.34. The summed E-state index contributed by atoms with van der Waals surface area (Å²) < 4.78 is 17.2. The third-order valence-electron chi connectivity index (χ3n) is 7.72. The third-order valence-corrected chi connectivity index (χ3v) is 7.72. The minimum atomic E-state index is -0.960. The Morgan fingerprint density at radius 1 is 1.05 bits per heavy atom. The normalized spacial score (nSPS) is 22.5. The molecule has 2 aromatic rings. The van der Waals surface area contributed by atoms with E-state index in [2.05, 4.69) is 5.32 Å². The Labute approximate surface area is 223 Å². The molecule has 0 aromatic heterocycles. The molecular weight excluding hydrogens is 486 g/mol. The van der Waals surface area contributed by atoms with E-state index in [-0.39, 0.29) is 30.4 Å². The average molecular weight is 522 g/mol. The van der Waals surface area contributed by atoms with Crippen LogP contribution < -0.4 is 10.1 Å². The van der Waals surface area contributed by atoms with Gasteiger partial charge in [-0.3, -0.25) is 19.3 Å². The van der Waals surface area contributed by atoms with Gasteiger partial charge in [-0.15, -0.1) is 0 Å². The summed E-state index contributed by atoms with van der Waals surface area (Å²) in [6.45, 7) is 3.97. The van der Waals surface area contributed by atoms with E-state index in [1.165, 1.54) is 0 Å². The highest BCUT2D eigenvalue weighted by atomic mass is 16.5. The van der Waals surface area contributed by atoms with Crippen LogP contribution in [0.15, 0.2) is 48.5 Å². The second-order valence-corrected chi connectivity index (χ2v) is 10.2. The van der Waals surface area contributed by atoms with E-state index in [1.807, 2.05) is 25.1 Å². The molecule has 3 amide bonds. The molecule has 0 aliphatic carbocycles. The smallest absolute Gasteiger partial charge is 0.256 e. The molecule has 9 nitrogen and oxygen atoms in total. The molecule has 1 N–H and O–H groups in total. The molecule has 3 heterocycles. The maximum absolute atomic E-state index is 13.9. The molecule has 0 bridgehead atoms. The molecule has 3 fully saturated rings. The van der Waals surface area contributed by atoms with Crippen molar-refractivity contribution in [3.8, 4) is 5.75 Å². The van der Waals surface area contributed by atoms with Gasteiger partial charge in [-0.25, -0.2) is 0 Å². The van der Waals surface area contributed by atoms with Gasteiger partial charge >= 0.3 is 0 Å². The minimum Gasteiger partial charge on any atom is -0.497 e. The molecule has 3 aliphatic heterocycles. The van der Waals surface area contributed by atoms with Crippen LogP contribution in [-0.2, 0) is 14.3 Å². The molecule has 0 radical (unpaired) electrons. The highest BCUT2D eigenvalue weighted by molar-refractivity contribution is 5.99. The molecule has 38 heavy (non-hydrogen) atoms. The number of aryl methyl sites for hydroxylation is 1. The quantitative estimate of drug-likeness (QED) is 0.628. The van der Waals surface area contributed by atoms with Gasteiger partial charge in [0.05, 0.1) is 19.8 Å². The minimum absolute atomic E-state index is 0.00187. The van der Waals surface area contributed by atoms with Crippen LogP contribution in [0.25, 0.3) is 0 Å². The van der Waals surface area contributed by atoms with Gasteiger partial charge in [0.25, 0.3) is 11.8 Å². The number of piperidine rings is 1. The zero-order chi connectivity index (χ0) is 26.7. The molecule has 3 aliphatic rings. The van der Waals surface area contributed by atoms with Crippen molar-refractivity contribution in [2.45, 2.75) is 50.5 Å². The van der Waals surface area contributed by atoms with Crippen LogP contribution in [0.1, 0.15) is 52.0 Å². The standard InChI is InChI=1S/C29H35N3O6/c1-20-6-3-7-21(16-20)28(35)32-25(26(33)30-18-24-10-5-15-37-24)19-38-29(32)11-13-31(14-12-29)27(34)22-8-4-9-23(17-22)36-2/h3-4,6-9,16-17,24-25H,5,10-15,18-19H2,1-2H3,(H,30,33)/t24-,25-/m1/s1. The number of carbonyl (C=O) groups is 3. The summed E-state index contributed by atoms with van der Waals surface area (Å²) in [7, 11) is 1.57. The van der Waals surface area contributed by atoms with E-state index in [1.54, 1.807) is 47.2 Å². The first-order chi connectivity index (χ1) is 18.4. The number of nitrogens with one attached hydrogen (secondary N) is 1. The molecule has 0 saturated carbocycles. The van der Waals surface area contributed by atoms with Crippen molar-refractivity contribution in [3.05, 3.63) is 65.2 Å². The van der Waals surface area contributed by atoms with Crippen LogP contribution in [0.4, 0.5) is 0 Å². The maximum atomic E-state index is 13.9. The first-order valence-corrected chi connectivity index (χ1v) is 13.3. The second-order valence-electron chi connectivity index (χ2n) is 10.2. The number of benzene rings is 2. The van der Waals surface area contributed by atoms with Crippen molar-refractivity contribution in [1.82, 2.24) is 15.1 Å². The Morgan fingerprint density at radius 2 is 1.79 bits per heavy atom. The SMILES string of the molecule is COc1cccc(C(=O)N2CCC3(CC2)OC[C@H](C(=O)NC[C@H]2CCCO2)N3C(=O)c2cccc(C)c2)c1. The Bertz CT molecular complexity index is 1190. The van der Waals surface area contributed by atoms with Gasteiger partial charge in [0.15, 0.2) is 0 Å². The predicted octanol–water partition coefficient (Wildman–Crippen LogP) is 2.77. The first-order valence-electron chi connectivity index (χ1n) is 13.3. The van der Waals surface area contributed by atoms with Crippen LogP contribution >= 0.6 is 0 Å². The Kier molecular flexibility index (Phi) is 7.67. The van der Waals surface area contributed by atoms with Crippen LogP contribution in [0.3, 0.4) is 0 Å². The molecule has 0 unspecified atom stereocenters. The maximum Gasteiger partial charge on any atom is 0.256 e. The number of ether oxygens (including phenoxy) is 3. The summed E-state index contributed by atoms with van der Waals surface area (Å²) in [5, 5.41) is 2.98. The van der Waals surface area contributed by atoms with Gasteiger partial charge in [0.1, 0.15) is 17.5 Å². The van der Waals surface area contributed by atoms with Crippen LogP contribution in [0.5, 0.6) is 5.75 Å². The summed E-state index contributed by atoms with van der Waals surface area (Å²) in [4.78, 5) is 43.8. The fourth-order valence-electron chi connectivity index (χ4n) is 5.62. The number of rotatable bonds is 6. The number of hydrogen-bond acceptors (Lipinski definition) is 6. The first kappa shape index (κ1) is 26.2. The molecule has 2 atom stereocenters. The van der Waals surface area contributed by atoms with E-state index in [0.29, 0.717) is 56.0 Å². The number of likely N-dealkylation sites (tertiary alicyclic amines) is 1. The lowest BCUT2D eigenvalue weighted by Crippen LogP contribution is -2.60. The van der Waals surface area contributed by atoms with Gasteiger partial charge in [-0.05, 0) is 50.1 Å². The predicted molar refractivity (Wildman–Crippen MR) is 140 cm³/mol. The number of carbonyl (C=O) groups excluding carboxylic acids is 3. The molecular formula is C29H35N3O6. The fraction of sp³-hybridized carbons (Fsp3) is 0.483. The zero-order valence-electron chi connectivity index (χ0n) is 22.0. The van der Waals surface area contributed by atoms with Crippen molar-refractivity contribution >= 4 is 17.7 Å². The van der Waals surface area contributed by atoms with Gasteiger partial charge in [-0.2, -0.15) is 0 Å². The largest absolute Gasteiger partial charge is 0.497 e. The van der Waals surface area contributed by atoms with Crippen molar-refractivity contribution in [2.24, 2.45) is 0 Å². The molecule has 202 valence electrons. The summed E-state index contributed by atoms with van der Waals surface area (Å²) in [6, 6.07) is 13.7. The van der Waals surface area contributed by atoms with Crippen molar-refractivity contribution in [3.63, 3.8) is 0 Å². The number of hydrogen-bond donors (Lipinski definition) is 1. The van der Waals surface area contributed by atoms with Crippen LogP contribution in [0, 0.1) is 6.92 Å². The van der Waals surface area contributed by atoms with E-state index >= 15 is 0 Å². The second kappa shape index (κ2) is 11.1. The third kappa shape index (κ3) is 5.26. The number of methoxy groups -OCH3 is 1. The fourth-order valence-corrected chi connectivity index (χ4v) is 5.62. The Hall–Kier alpha value is -3.43. The summed E-state index contributed by atoms with van der Waals surface area (Å²) in [5.41, 5.74) is 1.06. The van der Waals surface area contributed by atoms with E-state index in [0.717, 1.165) is 18.4 Å². The lowest BCUT2D eigenvalue weighted by molar-refractivity contribution is -0.128. The Morgan fingerprint density at radius 3 is 2.47 bits per heavy atom. The lowest BCUT2D eigenvalue weighted by atomic mass is 9.95. The van der Waals surface area contributed by atoms with Gasteiger partial charge in [0, 0.05) is 50.2 Å². The van der Waals surface area contributed by atoms with Gasteiger partial charge < -0.3 is 24.4 Å². The van der Waals surface area contributed by atoms with E-state index in [4.69, 9.17) is 14.2 Å². The molecule has 9 heteroatoms. The van der Waals surface area contributed by atoms with Crippen LogP contribution in [0.2, 0.25) is 0 Å². The van der Waals surface area contributed by atoms with Crippen molar-refractivity contribution in [1.29, 1.82) is 0 Å². The summed E-state index contributed by atoms with van der Waals surface area (Å²) in [5.74, 6) is 0.0405. The van der Waals surface area contributed by atoms with E-state index in [9.17, 15) is 14.4 Å². The molecule has 2 aromatic carbocycles. The van der Waals surface area contributed by atoms with Gasteiger partial charge in [-0.1, -0.05) is 23.8 Å². The summed E-state index contributed by atoms with van der Waals surface area (Å²) in [6.07, 6.45) is 2.72. The van der Waals surface area contributed by atoms with E-state index < -0.39 is 11.8 Å². The van der Waals surface area contributed by atoms with Crippen molar-refractivity contribution in [2.75, 3.05) is 40.0 Å². The number of nitrogens with zero attached hydrogens (tertiary/aromatic N) is 2. The summed E-state index contributed by atoms with van der Waals surface area (Å²) >= 11 is 0. The van der Waals surface area contributed by atoms with Gasteiger partial charge in [0.2, 0.25) is 5.91 Å². The van der Waals surface area contributed by atoms with Crippen LogP contribution in [-0.4, -0.2) is 85.3 Å². The number of amides is 3. The monoisotopic (exact) mass is 521 g/mol. The highest BCUT2D eigenvalue weighted by Crippen LogP contribution is 2.39. The lowest BCUT2D eigenvalue weighted by Gasteiger charge is -2.44. The van der Waals surface area contributed by atoms with Crippen molar-refractivity contribution < 1.29 is 28.6 Å².